The number of halogens is 2. The van der Waals surface area contributed by atoms with Crippen LogP contribution >= 0.6 is 0 Å². The van der Waals surface area contributed by atoms with Crippen LogP contribution in [-0.4, -0.2) is 33.6 Å². The second kappa shape index (κ2) is 6.79. The van der Waals surface area contributed by atoms with Gasteiger partial charge in [-0.2, -0.15) is 0 Å². The lowest BCUT2D eigenvalue weighted by Crippen LogP contribution is -2.52. The quantitative estimate of drug-likeness (QED) is 0.854. The Labute approximate surface area is 169 Å². The molecule has 5 nitrogen and oxygen atoms in total. The van der Waals surface area contributed by atoms with Crippen molar-refractivity contribution in [3.05, 3.63) is 58.7 Å². The Morgan fingerprint density at radius 3 is 2.76 bits per heavy atom. The van der Waals surface area contributed by atoms with Gasteiger partial charge in [0, 0.05) is 47.4 Å². The van der Waals surface area contributed by atoms with Crippen LogP contribution in [-0.2, 0) is 16.8 Å². The lowest BCUT2D eigenvalue weighted by molar-refractivity contribution is -0.0736. The van der Waals surface area contributed by atoms with Gasteiger partial charge >= 0.3 is 0 Å². The Kier molecular flexibility index (Phi) is 4.46. The number of fused-ring (bicyclic) bond motifs is 1. The molecule has 0 radical (unpaired) electrons. The van der Waals surface area contributed by atoms with E-state index >= 15 is 0 Å². The average Bonchev–Trinajstić information content (AvgIpc) is 3.49. The predicted molar refractivity (Wildman–Crippen MR) is 104 cm³/mol. The zero-order valence-electron chi connectivity index (χ0n) is 16.7. The normalized spacial score (nSPS) is 29.1. The van der Waals surface area contributed by atoms with Crippen molar-refractivity contribution in [3.63, 3.8) is 0 Å². The van der Waals surface area contributed by atoms with Crippen molar-refractivity contribution in [2.24, 2.45) is 5.73 Å². The molecule has 0 amide bonds. The largest absolute Gasteiger partial charge is 0.370 e. The Balaban J connectivity index is 1.35. The van der Waals surface area contributed by atoms with E-state index in [1.165, 1.54) is 18.9 Å². The first-order valence-electron chi connectivity index (χ1n) is 10.3. The summed E-state index contributed by atoms with van der Waals surface area (Å²) in [6.45, 7) is 5.48. The summed E-state index contributed by atoms with van der Waals surface area (Å²) < 4.78 is 33.8. The first kappa shape index (κ1) is 19.0. The van der Waals surface area contributed by atoms with Crippen LogP contribution in [0, 0.1) is 11.6 Å². The highest BCUT2D eigenvalue weighted by atomic mass is 19.1. The molecule has 0 spiro atoms. The standard InChI is InChI=1S/C22H26F2N4O/c1-22(2)16-9-26-21(12-3-4-12)27-19(16)10-28(22)14-8-18(25)20(29-11-14)15-7-13(23)5-6-17(15)24/h5-7,9,12,14,18,20H,3-4,8,10-11,25H2,1-2H3/t14-,18?,20?/m1/s1. The number of ether oxygens (including phenoxy) is 1. The second-order valence-electron chi connectivity index (χ2n) is 9.02. The Bertz CT molecular complexity index is 946. The van der Waals surface area contributed by atoms with Crippen LogP contribution in [0.4, 0.5) is 8.78 Å². The third-order valence-electron chi connectivity index (χ3n) is 6.63. The molecule has 0 bridgehead atoms. The highest BCUT2D eigenvalue weighted by Crippen LogP contribution is 2.44. The number of aromatic nitrogens is 2. The highest BCUT2D eigenvalue weighted by molar-refractivity contribution is 5.32. The first-order chi connectivity index (χ1) is 13.8. The number of nitrogens with zero attached hydrogens (tertiary/aromatic N) is 3. The average molecular weight is 400 g/mol. The maximum atomic E-state index is 14.2. The zero-order valence-corrected chi connectivity index (χ0v) is 16.7. The summed E-state index contributed by atoms with van der Waals surface area (Å²) in [5, 5.41) is 0. The summed E-state index contributed by atoms with van der Waals surface area (Å²) in [5.41, 5.74) is 8.57. The minimum Gasteiger partial charge on any atom is -0.370 e. The third-order valence-corrected chi connectivity index (χ3v) is 6.63. The minimum atomic E-state index is -0.642. The third kappa shape index (κ3) is 3.25. The van der Waals surface area contributed by atoms with Crippen LogP contribution in [0.1, 0.15) is 67.8 Å². The van der Waals surface area contributed by atoms with Crippen molar-refractivity contribution in [1.82, 2.24) is 14.9 Å². The molecular formula is C22H26F2N4O. The molecule has 1 saturated heterocycles. The number of hydrogen-bond acceptors (Lipinski definition) is 5. The summed E-state index contributed by atoms with van der Waals surface area (Å²) in [7, 11) is 0. The monoisotopic (exact) mass is 400 g/mol. The van der Waals surface area contributed by atoms with Crippen molar-refractivity contribution in [2.75, 3.05) is 6.61 Å². The molecular weight excluding hydrogens is 374 g/mol. The molecule has 1 aliphatic carbocycles. The molecule has 3 heterocycles. The summed E-state index contributed by atoms with van der Waals surface area (Å²) in [6, 6.07) is 3.08. The van der Waals surface area contributed by atoms with Crippen LogP contribution in [0.5, 0.6) is 0 Å². The molecule has 1 saturated carbocycles. The first-order valence-corrected chi connectivity index (χ1v) is 10.3. The number of hydrogen-bond donors (Lipinski definition) is 1. The van der Waals surface area contributed by atoms with Gasteiger partial charge in [-0.05, 0) is 51.3 Å². The van der Waals surface area contributed by atoms with Gasteiger partial charge < -0.3 is 10.5 Å². The molecule has 1 aromatic carbocycles. The fraction of sp³-hybridized carbons (Fsp3) is 0.545. The van der Waals surface area contributed by atoms with Gasteiger partial charge in [0.2, 0.25) is 0 Å². The molecule has 154 valence electrons. The van der Waals surface area contributed by atoms with Gasteiger partial charge in [0.1, 0.15) is 23.6 Å². The molecule has 3 aliphatic rings. The summed E-state index contributed by atoms with van der Waals surface area (Å²) in [6.07, 6.45) is 4.33. The van der Waals surface area contributed by atoms with E-state index in [9.17, 15) is 8.78 Å². The van der Waals surface area contributed by atoms with Crippen molar-refractivity contribution >= 4 is 0 Å². The number of benzene rings is 1. The molecule has 29 heavy (non-hydrogen) atoms. The topological polar surface area (TPSA) is 64.3 Å². The van der Waals surface area contributed by atoms with E-state index in [1.54, 1.807) is 0 Å². The van der Waals surface area contributed by atoms with E-state index in [0.717, 1.165) is 35.8 Å². The maximum Gasteiger partial charge on any atom is 0.131 e. The molecule has 7 heteroatoms. The van der Waals surface area contributed by atoms with Crippen LogP contribution in [0.2, 0.25) is 0 Å². The van der Waals surface area contributed by atoms with Gasteiger partial charge in [0.05, 0.1) is 12.3 Å². The van der Waals surface area contributed by atoms with Crippen molar-refractivity contribution in [2.45, 2.75) is 69.3 Å². The Morgan fingerprint density at radius 1 is 1.24 bits per heavy atom. The molecule has 1 aromatic heterocycles. The van der Waals surface area contributed by atoms with Gasteiger partial charge in [0.15, 0.2) is 0 Å². The van der Waals surface area contributed by atoms with Crippen molar-refractivity contribution in [1.29, 1.82) is 0 Å². The van der Waals surface area contributed by atoms with Crippen LogP contribution in [0.25, 0.3) is 0 Å². The predicted octanol–water partition coefficient (Wildman–Crippen LogP) is 3.54. The van der Waals surface area contributed by atoms with E-state index in [2.05, 4.69) is 23.7 Å². The summed E-state index contributed by atoms with van der Waals surface area (Å²) >= 11 is 0. The molecule has 2 fully saturated rings. The van der Waals surface area contributed by atoms with Crippen LogP contribution in [0.15, 0.2) is 24.4 Å². The molecule has 2 aromatic rings. The van der Waals surface area contributed by atoms with Crippen molar-refractivity contribution in [3.8, 4) is 0 Å². The van der Waals surface area contributed by atoms with Gasteiger partial charge in [-0.3, -0.25) is 4.90 Å². The van der Waals surface area contributed by atoms with Gasteiger partial charge in [-0.15, -0.1) is 0 Å². The summed E-state index contributed by atoms with van der Waals surface area (Å²) in [4.78, 5) is 11.8. The Morgan fingerprint density at radius 2 is 2.03 bits per heavy atom. The molecule has 3 atom stereocenters. The van der Waals surface area contributed by atoms with Gasteiger partial charge in [-0.1, -0.05) is 0 Å². The summed E-state index contributed by atoms with van der Waals surface area (Å²) in [5.74, 6) is 0.507. The number of rotatable bonds is 3. The zero-order chi connectivity index (χ0) is 20.3. The van der Waals surface area contributed by atoms with E-state index in [-0.39, 0.29) is 17.1 Å². The SMILES string of the molecule is CC1(C)c2cnc(C3CC3)nc2CN1[C@H]1COC(c2cc(F)ccc2F)C(N)C1. The number of nitrogens with two attached hydrogens (primary N) is 1. The van der Waals surface area contributed by atoms with Crippen molar-refractivity contribution < 1.29 is 13.5 Å². The van der Waals surface area contributed by atoms with Gasteiger partial charge in [0.25, 0.3) is 0 Å². The lowest BCUT2D eigenvalue weighted by Gasteiger charge is -2.44. The van der Waals surface area contributed by atoms with Crippen LogP contribution < -0.4 is 5.73 Å². The van der Waals surface area contributed by atoms with Gasteiger partial charge in [-0.25, -0.2) is 18.7 Å². The second-order valence-corrected chi connectivity index (χ2v) is 9.02. The molecule has 2 unspecified atom stereocenters. The van der Waals surface area contributed by atoms with E-state index in [4.69, 9.17) is 15.5 Å². The van der Waals surface area contributed by atoms with E-state index in [1.807, 2.05) is 6.20 Å². The lowest BCUT2D eigenvalue weighted by atomic mass is 9.90. The smallest absolute Gasteiger partial charge is 0.131 e. The van der Waals surface area contributed by atoms with Crippen LogP contribution in [0.3, 0.4) is 0 Å². The fourth-order valence-electron chi connectivity index (χ4n) is 4.82. The molecule has 2 aliphatic heterocycles. The Hall–Kier alpha value is -1.96. The highest BCUT2D eigenvalue weighted by Gasteiger charge is 2.45. The fourth-order valence-corrected chi connectivity index (χ4v) is 4.82. The minimum absolute atomic E-state index is 0.0754. The van der Waals surface area contributed by atoms with E-state index in [0.29, 0.717) is 18.9 Å². The molecule has 2 N–H and O–H groups in total. The molecule has 5 rings (SSSR count). The van der Waals surface area contributed by atoms with E-state index < -0.39 is 23.8 Å². The maximum absolute atomic E-state index is 14.2.